The lowest BCUT2D eigenvalue weighted by Crippen LogP contribution is -2.49. The van der Waals surface area contributed by atoms with E-state index in [1.54, 1.807) is 11.8 Å². The normalized spacial score (nSPS) is 25.8. The van der Waals surface area contributed by atoms with Gasteiger partial charge in [0.15, 0.2) is 0 Å². The van der Waals surface area contributed by atoms with Crippen molar-refractivity contribution in [2.24, 2.45) is 5.92 Å². The summed E-state index contributed by atoms with van der Waals surface area (Å²) in [5.74, 6) is 0.749. The van der Waals surface area contributed by atoms with Crippen molar-refractivity contribution in [3.8, 4) is 0 Å². The highest BCUT2D eigenvalue weighted by Gasteiger charge is 2.46. The average Bonchev–Trinajstić information content (AvgIpc) is 2.64. The predicted octanol–water partition coefficient (Wildman–Crippen LogP) is 2.94. The monoisotopic (exact) mass is 262 g/mol. The Balaban J connectivity index is 0.000000386. The van der Waals surface area contributed by atoms with Crippen molar-refractivity contribution < 1.29 is 9.47 Å². The van der Waals surface area contributed by atoms with Gasteiger partial charge in [-0.1, -0.05) is 12.2 Å². The van der Waals surface area contributed by atoms with E-state index in [0.717, 1.165) is 32.2 Å². The lowest BCUT2D eigenvalue weighted by atomic mass is 9.90. The third kappa shape index (κ3) is 4.32. The van der Waals surface area contributed by atoms with E-state index in [1.165, 1.54) is 19.3 Å². The van der Waals surface area contributed by atoms with Crippen LogP contribution in [0.2, 0.25) is 0 Å². The minimum absolute atomic E-state index is 0.127. The molecule has 0 bridgehead atoms. The van der Waals surface area contributed by atoms with E-state index >= 15 is 0 Å². The first-order chi connectivity index (χ1) is 7.76. The summed E-state index contributed by atoms with van der Waals surface area (Å²) in [6, 6.07) is 0. The SMILES string of the molecule is CSC.S=CCCCC1COC2(COC2)C1. The van der Waals surface area contributed by atoms with Crippen molar-refractivity contribution in [3.05, 3.63) is 0 Å². The van der Waals surface area contributed by atoms with Gasteiger partial charge in [0.1, 0.15) is 5.60 Å². The Morgan fingerprint density at radius 2 is 2.12 bits per heavy atom. The Morgan fingerprint density at radius 1 is 1.44 bits per heavy atom. The van der Waals surface area contributed by atoms with Crippen molar-refractivity contribution in [2.45, 2.75) is 31.3 Å². The van der Waals surface area contributed by atoms with Crippen LogP contribution < -0.4 is 0 Å². The minimum atomic E-state index is 0.127. The molecule has 2 rings (SSSR count). The van der Waals surface area contributed by atoms with E-state index in [0.29, 0.717) is 0 Å². The van der Waals surface area contributed by atoms with Gasteiger partial charge in [-0.05, 0) is 49.5 Å². The molecule has 1 unspecified atom stereocenters. The van der Waals surface area contributed by atoms with Crippen LogP contribution in [0.5, 0.6) is 0 Å². The molecule has 1 spiro atoms. The Hall–Kier alpha value is 0.360. The molecule has 0 radical (unpaired) electrons. The van der Waals surface area contributed by atoms with E-state index in [9.17, 15) is 0 Å². The summed E-state index contributed by atoms with van der Waals surface area (Å²) in [5.41, 5.74) is 0.127. The van der Waals surface area contributed by atoms with E-state index in [-0.39, 0.29) is 5.60 Å². The third-order valence-corrected chi connectivity index (χ3v) is 3.19. The molecule has 0 aromatic rings. The second-order valence-corrected chi connectivity index (χ2v) is 5.71. The first-order valence-electron chi connectivity index (χ1n) is 5.82. The highest BCUT2D eigenvalue weighted by Crippen LogP contribution is 2.37. The lowest BCUT2D eigenvalue weighted by Gasteiger charge is -2.36. The van der Waals surface area contributed by atoms with Crippen LogP contribution in [-0.2, 0) is 9.47 Å². The fraction of sp³-hybridized carbons (Fsp3) is 0.917. The second-order valence-electron chi connectivity index (χ2n) is 4.56. The molecular formula is C12H22O2S2. The zero-order valence-electron chi connectivity index (χ0n) is 10.2. The van der Waals surface area contributed by atoms with Gasteiger partial charge in [-0.25, -0.2) is 0 Å². The summed E-state index contributed by atoms with van der Waals surface area (Å²) in [4.78, 5) is 0. The van der Waals surface area contributed by atoms with Gasteiger partial charge in [-0.3, -0.25) is 0 Å². The number of ether oxygens (including phenoxy) is 2. The molecule has 0 aliphatic carbocycles. The number of hydrogen-bond donors (Lipinski definition) is 0. The molecule has 2 saturated heterocycles. The van der Waals surface area contributed by atoms with Crippen LogP contribution in [0.25, 0.3) is 0 Å². The zero-order valence-corrected chi connectivity index (χ0v) is 11.9. The quantitative estimate of drug-likeness (QED) is 0.572. The molecule has 0 saturated carbocycles. The molecule has 2 aliphatic heterocycles. The third-order valence-electron chi connectivity index (χ3n) is 2.95. The van der Waals surface area contributed by atoms with E-state index in [1.807, 2.05) is 17.9 Å². The Morgan fingerprint density at radius 3 is 2.56 bits per heavy atom. The summed E-state index contributed by atoms with van der Waals surface area (Å²) in [7, 11) is 0. The fourth-order valence-electron chi connectivity index (χ4n) is 2.14. The van der Waals surface area contributed by atoms with E-state index in [2.05, 4.69) is 0 Å². The van der Waals surface area contributed by atoms with Gasteiger partial charge in [0, 0.05) is 0 Å². The van der Waals surface area contributed by atoms with Crippen molar-refractivity contribution in [1.82, 2.24) is 0 Å². The van der Waals surface area contributed by atoms with Crippen LogP contribution in [0.15, 0.2) is 0 Å². The van der Waals surface area contributed by atoms with Crippen LogP contribution in [0, 0.1) is 5.92 Å². The number of unbranched alkanes of at least 4 members (excludes halogenated alkanes) is 1. The van der Waals surface area contributed by atoms with Crippen molar-refractivity contribution >= 4 is 29.3 Å². The number of hydrogen-bond acceptors (Lipinski definition) is 4. The van der Waals surface area contributed by atoms with Crippen LogP contribution in [0.4, 0.5) is 0 Å². The maximum Gasteiger partial charge on any atom is 0.115 e. The molecule has 2 nitrogen and oxygen atoms in total. The molecule has 2 fully saturated rings. The van der Waals surface area contributed by atoms with Gasteiger partial charge >= 0.3 is 0 Å². The van der Waals surface area contributed by atoms with Crippen LogP contribution in [0.1, 0.15) is 25.7 Å². The Labute approximate surface area is 108 Å². The van der Waals surface area contributed by atoms with Crippen LogP contribution >= 0.6 is 24.0 Å². The largest absolute Gasteiger partial charge is 0.375 e. The van der Waals surface area contributed by atoms with Gasteiger partial charge in [-0.15, -0.1) is 0 Å². The molecule has 2 heterocycles. The molecule has 0 N–H and O–H groups in total. The van der Waals surface area contributed by atoms with Crippen molar-refractivity contribution in [2.75, 3.05) is 32.3 Å². The van der Waals surface area contributed by atoms with Crippen molar-refractivity contribution in [3.63, 3.8) is 0 Å². The van der Waals surface area contributed by atoms with Crippen molar-refractivity contribution in [1.29, 1.82) is 0 Å². The molecule has 0 amide bonds. The predicted molar refractivity (Wildman–Crippen MR) is 74.6 cm³/mol. The smallest absolute Gasteiger partial charge is 0.115 e. The molecule has 2 aliphatic rings. The number of rotatable bonds is 4. The first-order valence-corrected chi connectivity index (χ1v) is 7.92. The first kappa shape index (κ1) is 14.4. The van der Waals surface area contributed by atoms with Gasteiger partial charge in [0.2, 0.25) is 0 Å². The van der Waals surface area contributed by atoms with Gasteiger partial charge in [0.05, 0.1) is 19.8 Å². The Bertz CT molecular complexity index is 205. The lowest BCUT2D eigenvalue weighted by molar-refractivity contribution is -0.184. The molecular weight excluding hydrogens is 240 g/mol. The summed E-state index contributed by atoms with van der Waals surface area (Å²) in [6.45, 7) is 2.56. The van der Waals surface area contributed by atoms with Gasteiger partial charge in [-0.2, -0.15) is 11.8 Å². The average molecular weight is 262 g/mol. The maximum atomic E-state index is 5.76. The Kier molecular flexibility index (Phi) is 6.89. The van der Waals surface area contributed by atoms with E-state index in [4.69, 9.17) is 21.7 Å². The van der Waals surface area contributed by atoms with Crippen LogP contribution in [0.3, 0.4) is 0 Å². The van der Waals surface area contributed by atoms with Gasteiger partial charge in [0.25, 0.3) is 0 Å². The number of thiocarbonyl (C=S) groups is 1. The number of thioether (sulfide) groups is 1. The van der Waals surface area contributed by atoms with E-state index < -0.39 is 0 Å². The molecule has 16 heavy (non-hydrogen) atoms. The molecule has 0 aromatic heterocycles. The highest BCUT2D eigenvalue weighted by molar-refractivity contribution is 7.97. The second kappa shape index (κ2) is 7.64. The maximum absolute atomic E-state index is 5.76. The zero-order chi connectivity index (χ0) is 11.9. The summed E-state index contributed by atoms with van der Waals surface area (Å²) in [6.07, 6.45) is 8.82. The molecule has 1 atom stereocenters. The van der Waals surface area contributed by atoms with Crippen LogP contribution in [-0.4, -0.2) is 43.3 Å². The molecule has 0 aromatic carbocycles. The summed E-state index contributed by atoms with van der Waals surface area (Å²) in [5, 5.41) is 1.83. The summed E-state index contributed by atoms with van der Waals surface area (Å²) < 4.78 is 10.9. The fourth-order valence-corrected chi connectivity index (χ4v) is 2.31. The molecule has 4 heteroatoms. The summed E-state index contributed by atoms with van der Waals surface area (Å²) >= 11 is 6.54. The standard InChI is InChI=1S/C10H16O2S.C2H6S/c13-4-2-1-3-9-5-10(12-6-9)7-11-8-10;1-3-2/h4,9H,1-3,5-8H2;1-2H3. The minimum Gasteiger partial charge on any atom is -0.375 e. The molecule has 94 valence electrons. The highest BCUT2D eigenvalue weighted by atomic mass is 32.2. The topological polar surface area (TPSA) is 18.5 Å². The van der Waals surface area contributed by atoms with Gasteiger partial charge < -0.3 is 9.47 Å².